The first kappa shape index (κ1) is 26.8. The van der Waals surface area contributed by atoms with Crippen LogP contribution in [0.5, 0.6) is 0 Å². The number of nitrogens with zero attached hydrogens (tertiary/aromatic N) is 8. The second-order valence-corrected chi connectivity index (χ2v) is 10.2. The van der Waals surface area contributed by atoms with Crippen molar-refractivity contribution >= 4 is 34.7 Å². The van der Waals surface area contributed by atoms with E-state index < -0.39 is 0 Å². The number of nitrogens with two attached hydrogens (primary N) is 1. The molecule has 6 rings (SSSR count). The predicted octanol–water partition coefficient (Wildman–Crippen LogP) is 1.97. The minimum absolute atomic E-state index is 0.0292. The van der Waals surface area contributed by atoms with Crippen molar-refractivity contribution in [3.63, 3.8) is 0 Å². The van der Waals surface area contributed by atoms with Crippen molar-refractivity contribution in [1.29, 1.82) is 0 Å². The van der Waals surface area contributed by atoms with Crippen molar-refractivity contribution < 1.29 is 14.3 Å². The molecule has 0 radical (unpaired) electrons. The first-order chi connectivity index (χ1) is 20.0. The van der Waals surface area contributed by atoms with Crippen LogP contribution in [0.3, 0.4) is 0 Å². The zero-order valence-corrected chi connectivity index (χ0v) is 23.1. The molecule has 4 aromatic rings. The molecule has 5 heterocycles. The number of piperazine rings is 1. The lowest BCUT2D eigenvalue weighted by atomic mass is 10.1. The molecule has 41 heavy (non-hydrogen) atoms. The summed E-state index contributed by atoms with van der Waals surface area (Å²) >= 11 is 0. The fourth-order valence-corrected chi connectivity index (χ4v) is 5.26. The van der Waals surface area contributed by atoms with Gasteiger partial charge in [-0.05, 0) is 30.3 Å². The smallest absolute Gasteiger partial charge is 0.253 e. The van der Waals surface area contributed by atoms with Crippen molar-refractivity contribution in [2.45, 2.75) is 13.3 Å². The summed E-state index contributed by atoms with van der Waals surface area (Å²) in [4.78, 5) is 50.7. The number of morpholine rings is 1. The maximum Gasteiger partial charge on any atom is 0.253 e. The first-order valence-electron chi connectivity index (χ1n) is 13.9. The third kappa shape index (κ3) is 5.61. The van der Waals surface area contributed by atoms with Gasteiger partial charge in [-0.15, -0.1) is 0 Å². The van der Waals surface area contributed by atoms with E-state index in [1.807, 2.05) is 40.1 Å². The second kappa shape index (κ2) is 11.6. The number of nitrogen functional groups attached to an aromatic ring is 1. The van der Waals surface area contributed by atoms with Crippen LogP contribution in [-0.4, -0.2) is 105 Å². The third-order valence-electron chi connectivity index (χ3n) is 7.70. The van der Waals surface area contributed by atoms with E-state index in [0.717, 1.165) is 38.3 Å². The maximum absolute atomic E-state index is 13.5. The molecule has 2 aliphatic heterocycles. The number of benzene rings is 1. The van der Waals surface area contributed by atoms with E-state index in [1.54, 1.807) is 23.2 Å². The standard InChI is InChI=1S/C29H33N9O3/c1-2-35-9-11-36(12-10-35)27(40)21-5-3-20(4-6-21)17-24(39)38-8-7-23-25(22-18-31-28(30)32-19-22)33-29(34-26(23)38)37-13-15-41-16-14-37/h3-8,18-19H,2,9-17H2,1H3,(H2,30,31,32). The summed E-state index contributed by atoms with van der Waals surface area (Å²) in [5.74, 6) is 0.581. The minimum atomic E-state index is -0.138. The summed E-state index contributed by atoms with van der Waals surface area (Å²) in [6.07, 6.45) is 5.13. The lowest BCUT2D eigenvalue weighted by molar-refractivity contribution is 0.0643. The van der Waals surface area contributed by atoms with Crippen molar-refractivity contribution in [1.82, 2.24) is 34.3 Å². The molecule has 0 unspecified atom stereocenters. The van der Waals surface area contributed by atoms with E-state index in [9.17, 15) is 9.59 Å². The summed E-state index contributed by atoms with van der Waals surface area (Å²) in [5.41, 5.74) is 8.98. The number of hydrogen-bond acceptors (Lipinski definition) is 10. The molecule has 3 aromatic heterocycles. The zero-order chi connectivity index (χ0) is 28.3. The Morgan fingerprint density at radius 2 is 1.63 bits per heavy atom. The lowest BCUT2D eigenvalue weighted by Gasteiger charge is -2.34. The van der Waals surface area contributed by atoms with Gasteiger partial charge < -0.3 is 25.2 Å². The Labute approximate surface area is 237 Å². The summed E-state index contributed by atoms with van der Waals surface area (Å²) in [5, 5.41) is 0.716. The van der Waals surface area contributed by atoms with Crippen LogP contribution in [0.1, 0.15) is 27.6 Å². The lowest BCUT2D eigenvalue weighted by Crippen LogP contribution is -2.48. The number of amides is 1. The number of rotatable bonds is 6. The fraction of sp³-hybridized carbons (Fsp3) is 0.379. The van der Waals surface area contributed by atoms with Gasteiger partial charge in [-0.3, -0.25) is 14.2 Å². The van der Waals surface area contributed by atoms with Crippen LogP contribution in [-0.2, 0) is 11.2 Å². The number of fused-ring (bicyclic) bond motifs is 1. The molecule has 1 amide bonds. The molecule has 0 atom stereocenters. The van der Waals surface area contributed by atoms with Crippen LogP contribution in [0.4, 0.5) is 11.9 Å². The van der Waals surface area contributed by atoms with E-state index in [1.165, 1.54) is 0 Å². The largest absolute Gasteiger partial charge is 0.378 e. The first-order valence-corrected chi connectivity index (χ1v) is 13.9. The van der Waals surface area contributed by atoms with E-state index in [4.69, 9.17) is 20.4 Å². The van der Waals surface area contributed by atoms with Gasteiger partial charge >= 0.3 is 0 Å². The van der Waals surface area contributed by atoms with Crippen LogP contribution < -0.4 is 10.6 Å². The van der Waals surface area contributed by atoms with Gasteiger partial charge in [0.2, 0.25) is 17.8 Å². The molecule has 2 saturated heterocycles. The highest BCUT2D eigenvalue weighted by atomic mass is 16.5. The molecular formula is C29H33N9O3. The highest BCUT2D eigenvalue weighted by molar-refractivity contribution is 5.98. The van der Waals surface area contributed by atoms with Crippen LogP contribution in [0, 0.1) is 0 Å². The number of carbonyl (C=O) groups excluding carboxylic acids is 2. The average molecular weight is 556 g/mol. The summed E-state index contributed by atoms with van der Waals surface area (Å²) in [7, 11) is 0. The molecule has 212 valence electrons. The molecule has 0 spiro atoms. The topological polar surface area (TPSA) is 136 Å². The van der Waals surface area contributed by atoms with Crippen molar-refractivity contribution in [3.05, 3.63) is 60.0 Å². The Hall–Kier alpha value is -4.42. The van der Waals surface area contributed by atoms with E-state index in [-0.39, 0.29) is 24.2 Å². The summed E-state index contributed by atoms with van der Waals surface area (Å²) < 4.78 is 7.06. The van der Waals surface area contributed by atoms with Crippen LogP contribution in [0.25, 0.3) is 22.3 Å². The number of anilines is 2. The number of likely N-dealkylation sites (N-methyl/N-ethyl adjacent to an activating group) is 1. The van der Waals surface area contributed by atoms with E-state index in [2.05, 4.69) is 21.8 Å². The van der Waals surface area contributed by atoms with Crippen molar-refractivity contribution in [2.24, 2.45) is 0 Å². The Bertz CT molecular complexity index is 1540. The minimum Gasteiger partial charge on any atom is -0.378 e. The molecular weight excluding hydrogens is 522 g/mol. The molecule has 0 bridgehead atoms. The Morgan fingerprint density at radius 3 is 2.32 bits per heavy atom. The van der Waals surface area contributed by atoms with E-state index >= 15 is 0 Å². The molecule has 12 nitrogen and oxygen atoms in total. The highest BCUT2D eigenvalue weighted by Gasteiger charge is 2.23. The quantitative estimate of drug-likeness (QED) is 0.376. The monoisotopic (exact) mass is 555 g/mol. The van der Waals surface area contributed by atoms with Gasteiger partial charge in [0.25, 0.3) is 5.91 Å². The van der Waals surface area contributed by atoms with Crippen molar-refractivity contribution in [2.75, 3.05) is 69.7 Å². The molecule has 2 fully saturated rings. The molecule has 2 N–H and O–H groups in total. The molecule has 1 aromatic carbocycles. The summed E-state index contributed by atoms with van der Waals surface area (Å²) in [6, 6.07) is 9.16. The fourth-order valence-electron chi connectivity index (χ4n) is 5.26. The number of aromatic nitrogens is 5. The molecule has 2 aliphatic rings. The second-order valence-electron chi connectivity index (χ2n) is 10.2. The average Bonchev–Trinajstić information content (AvgIpc) is 3.46. The third-order valence-corrected chi connectivity index (χ3v) is 7.70. The number of ether oxygens (including phenoxy) is 1. The van der Waals surface area contributed by atoms with Gasteiger partial charge in [-0.25, -0.2) is 15.0 Å². The Morgan fingerprint density at radius 1 is 0.927 bits per heavy atom. The van der Waals surface area contributed by atoms with Crippen LogP contribution >= 0.6 is 0 Å². The molecule has 0 saturated carbocycles. The van der Waals surface area contributed by atoms with Crippen LogP contribution in [0.2, 0.25) is 0 Å². The van der Waals surface area contributed by atoms with Gasteiger partial charge in [0.05, 0.1) is 25.3 Å². The zero-order valence-electron chi connectivity index (χ0n) is 23.1. The van der Waals surface area contributed by atoms with Gasteiger partial charge in [-0.1, -0.05) is 19.1 Å². The Kier molecular flexibility index (Phi) is 7.57. The van der Waals surface area contributed by atoms with Gasteiger partial charge in [0.15, 0.2) is 5.65 Å². The van der Waals surface area contributed by atoms with Gasteiger partial charge in [0.1, 0.15) is 0 Å². The highest BCUT2D eigenvalue weighted by Crippen LogP contribution is 2.29. The Balaban J connectivity index is 1.25. The van der Waals surface area contributed by atoms with Crippen molar-refractivity contribution in [3.8, 4) is 11.3 Å². The summed E-state index contributed by atoms with van der Waals surface area (Å²) in [6.45, 7) is 8.83. The maximum atomic E-state index is 13.5. The predicted molar refractivity (Wildman–Crippen MR) is 155 cm³/mol. The molecule has 0 aliphatic carbocycles. The van der Waals surface area contributed by atoms with Gasteiger partial charge in [0, 0.05) is 74.4 Å². The van der Waals surface area contributed by atoms with Gasteiger partial charge in [-0.2, -0.15) is 4.98 Å². The normalized spacial score (nSPS) is 16.3. The van der Waals surface area contributed by atoms with E-state index in [0.29, 0.717) is 60.1 Å². The number of hydrogen-bond donors (Lipinski definition) is 1. The SMILES string of the molecule is CCN1CCN(C(=O)c2ccc(CC(=O)n3ccc4c(-c5cnc(N)nc5)nc(N5CCOCC5)nc43)cc2)CC1. The number of carbonyl (C=O) groups is 2. The van der Waals surface area contributed by atoms with Crippen LogP contribution in [0.15, 0.2) is 48.9 Å². The molecule has 12 heteroatoms.